The molecule has 0 aliphatic rings. The van der Waals surface area contributed by atoms with Crippen molar-refractivity contribution in [3.63, 3.8) is 0 Å². The van der Waals surface area contributed by atoms with Crippen LogP contribution in [0.3, 0.4) is 0 Å². The number of aliphatic hydroxyl groups excluding tert-OH is 1. The summed E-state index contributed by atoms with van der Waals surface area (Å²) in [4.78, 5) is 13.8. The molecule has 0 aliphatic heterocycles. The van der Waals surface area contributed by atoms with E-state index in [9.17, 15) is 9.90 Å². The summed E-state index contributed by atoms with van der Waals surface area (Å²) in [7, 11) is 0. The van der Waals surface area contributed by atoms with Gasteiger partial charge in [0.15, 0.2) is 0 Å². The molecule has 1 unspecified atom stereocenters. The third kappa shape index (κ3) is 6.06. The summed E-state index contributed by atoms with van der Waals surface area (Å²) in [6, 6.07) is 9.70. The van der Waals surface area contributed by atoms with Crippen LogP contribution in [0.4, 0.5) is 4.79 Å². The molecule has 0 spiro atoms. The van der Waals surface area contributed by atoms with Gasteiger partial charge in [-0.05, 0) is 32.8 Å². The molecule has 0 heterocycles. The standard InChI is InChI=1S/C16H25NO3/c1-5-14(18)12-17(15(19)20-16(2,3)4)11-13-9-7-6-8-10-13/h6-10,14,18H,5,11-12H2,1-4H3. The molecule has 0 aliphatic carbocycles. The van der Waals surface area contributed by atoms with E-state index < -0.39 is 17.8 Å². The van der Waals surface area contributed by atoms with Crippen LogP contribution in [0.2, 0.25) is 0 Å². The zero-order chi connectivity index (χ0) is 15.2. The Morgan fingerprint density at radius 2 is 1.90 bits per heavy atom. The molecule has 1 aromatic carbocycles. The van der Waals surface area contributed by atoms with Gasteiger partial charge in [-0.2, -0.15) is 0 Å². The predicted octanol–water partition coefficient (Wildman–Crippen LogP) is 3.19. The lowest BCUT2D eigenvalue weighted by Gasteiger charge is -2.28. The number of benzene rings is 1. The van der Waals surface area contributed by atoms with Crippen LogP contribution < -0.4 is 0 Å². The number of nitrogens with zero attached hydrogens (tertiary/aromatic N) is 1. The molecule has 1 aromatic rings. The molecule has 1 rings (SSSR count). The van der Waals surface area contributed by atoms with E-state index in [-0.39, 0.29) is 6.54 Å². The van der Waals surface area contributed by atoms with Crippen molar-refractivity contribution in [2.45, 2.75) is 52.4 Å². The van der Waals surface area contributed by atoms with Crippen LogP contribution in [0.25, 0.3) is 0 Å². The van der Waals surface area contributed by atoms with Gasteiger partial charge in [0.25, 0.3) is 0 Å². The van der Waals surface area contributed by atoms with E-state index in [0.717, 1.165) is 5.56 Å². The highest BCUT2D eigenvalue weighted by atomic mass is 16.6. The van der Waals surface area contributed by atoms with Crippen LogP contribution in [0.15, 0.2) is 30.3 Å². The Hall–Kier alpha value is -1.55. The van der Waals surface area contributed by atoms with Crippen molar-refractivity contribution in [3.8, 4) is 0 Å². The predicted molar refractivity (Wildman–Crippen MR) is 79.4 cm³/mol. The van der Waals surface area contributed by atoms with Crippen molar-refractivity contribution in [2.75, 3.05) is 6.54 Å². The van der Waals surface area contributed by atoms with Crippen molar-refractivity contribution < 1.29 is 14.6 Å². The van der Waals surface area contributed by atoms with Gasteiger partial charge < -0.3 is 14.7 Å². The van der Waals surface area contributed by atoms with E-state index in [1.165, 1.54) is 0 Å². The Bertz CT molecular complexity index is 411. The molecule has 112 valence electrons. The van der Waals surface area contributed by atoms with E-state index in [2.05, 4.69) is 0 Å². The van der Waals surface area contributed by atoms with Gasteiger partial charge in [-0.15, -0.1) is 0 Å². The van der Waals surface area contributed by atoms with E-state index >= 15 is 0 Å². The Labute approximate surface area is 121 Å². The molecule has 1 atom stereocenters. The fraction of sp³-hybridized carbons (Fsp3) is 0.562. The summed E-state index contributed by atoms with van der Waals surface area (Å²) in [5, 5.41) is 9.80. The highest BCUT2D eigenvalue weighted by Crippen LogP contribution is 2.13. The Morgan fingerprint density at radius 3 is 2.40 bits per heavy atom. The maximum atomic E-state index is 12.2. The van der Waals surface area contributed by atoms with Crippen molar-refractivity contribution >= 4 is 6.09 Å². The summed E-state index contributed by atoms with van der Waals surface area (Å²) in [5.74, 6) is 0. The van der Waals surface area contributed by atoms with Gasteiger partial charge in [-0.25, -0.2) is 4.79 Å². The zero-order valence-electron chi connectivity index (χ0n) is 12.8. The number of rotatable bonds is 5. The van der Waals surface area contributed by atoms with Crippen molar-refractivity contribution in [3.05, 3.63) is 35.9 Å². The van der Waals surface area contributed by atoms with E-state index in [4.69, 9.17) is 4.74 Å². The second kappa shape index (κ2) is 7.29. The fourth-order valence-electron chi connectivity index (χ4n) is 1.72. The first-order chi connectivity index (χ1) is 9.31. The average Bonchev–Trinajstić information content (AvgIpc) is 2.37. The van der Waals surface area contributed by atoms with Crippen molar-refractivity contribution in [2.24, 2.45) is 0 Å². The summed E-state index contributed by atoms with van der Waals surface area (Å²) in [6.07, 6.45) is -0.325. The largest absolute Gasteiger partial charge is 0.444 e. The monoisotopic (exact) mass is 279 g/mol. The van der Waals surface area contributed by atoms with Gasteiger partial charge >= 0.3 is 6.09 Å². The van der Waals surface area contributed by atoms with Crippen molar-refractivity contribution in [1.29, 1.82) is 0 Å². The second-order valence-electron chi connectivity index (χ2n) is 5.91. The number of carbonyl (C=O) groups excluding carboxylic acids is 1. The molecule has 1 amide bonds. The third-order valence-electron chi connectivity index (χ3n) is 2.77. The molecule has 0 radical (unpaired) electrons. The van der Waals surface area contributed by atoms with Gasteiger partial charge in [0.1, 0.15) is 5.60 Å². The van der Waals surface area contributed by atoms with Crippen LogP contribution in [0.5, 0.6) is 0 Å². The zero-order valence-corrected chi connectivity index (χ0v) is 12.8. The van der Waals surface area contributed by atoms with Crippen LogP contribution in [-0.2, 0) is 11.3 Å². The maximum Gasteiger partial charge on any atom is 0.410 e. The highest BCUT2D eigenvalue weighted by molar-refractivity contribution is 5.68. The lowest BCUT2D eigenvalue weighted by atomic mass is 10.2. The molecule has 4 heteroatoms. The molecule has 4 nitrogen and oxygen atoms in total. The molecule has 0 fully saturated rings. The molecular formula is C16H25NO3. The lowest BCUT2D eigenvalue weighted by molar-refractivity contribution is 0.0123. The average molecular weight is 279 g/mol. The summed E-state index contributed by atoms with van der Waals surface area (Å²) in [6.45, 7) is 8.11. The van der Waals surface area contributed by atoms with Gasteiger partial charge in [0.05, 0.1) is 12.6 Å². The lowest BCUT2D eigenvalue weighted by Crippen LogP contribution is -2.40. The Morgan fingerprint density at radius 1 is 1.30 bits per heavy atom. The topological polar surface area (TPSA) is 49.8 Å². The number of carbonyl (C=O) groups is 1. The smallest absolute Gasteiger partial charge is 0.410 e. The van der Waals surface area contributed by atoms with Gasteiger partial charge in [0, 0.05) is 6.54 Å². The fourth-order valence-corrected chi connectivity index (χ4v) is 1.72. The van der Waals surface area contributed by atoms with Crippen LogP contribution in [0.1, 0.15) is 39.7 Å². The number of ether oxygens (including phenoxy) is 1. The highest BCUT2D eigenvalue weighted by Gasteiger charge is 2.23. The van der Waals surface area contributed by atoms with Gasteiger partial charge in [-0.1, -0.05) is 37.3 Å². The molecule has 0 saturated heterocycles. The summed E-state index contributed by atoms with van der Waals surface area (Å²) < 4.78 is 5.39. The number of hydrogen-bond acceptors (Lipinski definition) is 3. The first-order valence-electron chi connectivity index (χ1n) is 7.01. The molecule has 0 bridgehead atoms. The Balaban J connectivity index is 2.77. The molecule has 0 aromatic heterocycles. The van der Waals surface area contributed by atoms with E-state index in [1.807, 2.05) is 58.0 Å². The minimum Gasteiger partial charge on any atom is -0.444 e. The number of hydrogen-bond donors (Lipinski definition) is 1. The number of amides is 1. The van der Waals surface area contributed by atoms with Crippen LogP contribution in [0, 0.1) is 0 Å². The van der Waals surface area contributed by atoms with E-state index in [0.29, 0.717) is 13.0 Å². The summed E-state index contributed by atoms with van der Waals surface area (Å²) >= 11 is 0. The molecular weight excluding hydrogens is 254 g/mol. The van der Waals surface area contributed by atoms with Crippen LogP contribution >= 0.6 is 0 Å². The summed E-state index contributed by atoms with van der Waals surface area (Å²) in [5.41, 5.74) is 0.477. The second-order valence-corrected chi connectivity index (χ2v) is 5.91. The normalized spacial score (nSPS) is 12.8. The minimum atomic E-state index is -0.539. The quantitative estimate of drug-likeness (QED) is 0.900. The SMILES string of the molecule is CCC(O)CN(Cc1ccccc1)C(=O)OC(C)(C)C. The first-order valence-corrected chi connectivity index (χ1v) is 7.01. The van der Waals surface area contributed by atoms with E-state index in [1.54, 1.807) is 4.90 Å². The molecule has 20 heavy (non-hydrogen) atoms. The van der Waals surface area contributed by atoms with Gasteiger partial charge in [0.2, 0.25) is 0 Å². The van der Waals surface area contributed by atoms with Gasteiger partial charge in [-0.3, -0.25) is 0 Å². The Kier molecular flexibility index (Phi) is 6.02. The first kappa shape index (κ1) is 16.5. The van der Waals surface area contributed by atoms with Crippen LogP contribution in [-0.4, -0.2) is 34.3 Å². The molecule has 1 N–H and O–H groups in total. The van der Waals surface area contributed by atoms with Crippen molar-refractivity contribution in [1.82, 2.24) is 4.90 Å². The maximum absolute atomic E-state index is 12.2. The number of aliphatic hydroxyl groups is 1. The third-order valence-corrected chi connectivity index (χ3v) is 2.77. The minimum absolute atomic E-state index is 0.278. The molecule has 0 saturated carbocycles.